The van der Waals surface area contributed by atoms with Crippen molar-refractivity contribution in [2.45, 2.75) is 51.2 Å². The minimum absolute atomic E-state index is 0.362. The molecule has 3 heteroatoms. The van der Waals surface area contributed by atoms with E-state index in [1.165, 1.54) is 29.9 Å². The van der Waals surface area contributed by atoms with Crippen LogP contribution in [0.1, 0.15) is 39.5 Å². The van der Waals surface area contributed by atoms with Crippen LogP contribution in [-0.4, -0.2) is 24.2 Å². The van der Waals surface area contributed by atoms with Crippen molar-refractivity contribution in [2.75, 3.05) is 6.61 Å². The van der Waals surface area contributed by atoms with E-state index in [1.807, 2.05) is 0 Å². The van der Waals surface area contributed by atoms with Crippen LogP contribution in [0.3, 0.4) is 0 Å². The van der Waals surface area contributed by atoms with E-state index < -0.39 is 7.92 Å². The van der Waals surface area contributed by atoms with Gasteiger partial charge in [0.15, 0.2) is 5.90 Å². The van der Waals surface area contributed by atoms with Gasteiger partial charge in [0.1, 0.15) is 6.61 Å². The van der Waals surface area contributed by atoms with Crippen LogP contribution in [-0.2, 0) is 4.74 Å². The van der Waals surface area contributed by atoms with E-state index in [1.54, 1.807) is 0 Å². The lowest BCUT2D eigenvalue weighted by Gasteiger charge is -2.29. The highest BCUT2D eigenvalue weighted by atomic mass is 31.1. The normalized spacial score (nSPS) is 25.0. The van der Waals surface area contributed by atoms with Crippen molar-refractivity contribution in [2.24, 2.45) is 16.8 Å². The van der Waals surface area contributed by atoms with Gasteiger partial charge in [0.2, 0.25) is 0 Å². The highest BCUT2D eigenvalue weighted by Gasteiger charge is 2.40. The Morgan fingerprint density at radius 1 is 0.963 bits per heavy atom. The number of hydrogen-bond donors (Lipinski definition) is 0. The van der Waals surface area contributed by atoms with Gasteiger partial charge in [-0.2, -0.15) is 0 Å². The number of aliphatic imine (C=N–C) groups is 1. The topological polar surface area (TPSA) is 21.6 Å². The standard InChI is InChI=1S/C24H30NOP/c1-18(2)16-19-17-26-24(25-19)22-14-9-15-23(22)27(20-10-5-3-6-11-20)21-12-7-4-8-13-21/h3-8,10-13,18-19,22-23H,9,14-17H2,1-2H3/t19-,22?,23?/m1/s1. The highest BCUT2D eigenvalue weighted by Crippen LogP contribution is 2.51. The molecule has 2 unspecified atom stereocenters. The summed E-state index contributed by atoms with van der Waals surface area (Å²) in [5.41, 5.74) is 0.626. The van der Waals surface area contributed by atoms with Gasteiger partial charge in [0, 0.05) is 5.92 Å². The summed E-state index contributed by atoms with van der Waals surface area (Å²) in [7, 11) is -0.399. The monoisotopic (exact) mass is 379 g/mol. The van der Waals surface area contributed by atoms with Gasteiger partial charge in [-0.25, -0.2) is 4.99 Å². The number of hydrogen-bond acceptors (Lipinski definition) is 2. The van der Waals surface area contributed by atoms with E-state index in [0.717, 1.165) is 18.9 Å². The smallest absolute Gasteiger partial charge is 0.187 e. The van der Waals surface area contributed by atoms with Crippen molar-refractivity contribution in [1.82, 2.24) is 0 Å². The van der Waals surface area contributed by atoms with Gasteiger partial charge in [-0.1, -0.05) is 80.9 Å². The lowest BCUT2D eigenvalue weighted by atomic mass is 10.1. The van der Waals surface area contributed by atoms with E-state index in [0.29, 0.717) is 23.5 Å². The Hall–Kier alpha value is -1.66. The zero-order valence-corrected chi connectivity index (χ0v) is 17.3. The Balaban J connectivity index is 1.64. The molecule has 2 aromatic rings. The van der Waals surface area contributed by atoms with Crippen LogP contribution < -0.4 is 10.6 Å². The molecule has 0 aromatic heterocycles. The number of rotatable bonds is 6. The molecule has 0 bridgehead atoms. The maximum atomic E-state index is 6.16. The van der Waals surface area contributed by atoms with Gasteiger partial charge < -0.3 is 4.74 Å². The fourth-order valence-electron chi connectivity index (χ4n) is 4.55. The molecule has 0 amide bonds. The largest absolute Gasteiger partial charge is 0.478 e. The van der Waals surface area contributed by atoms with Crippen LogP contribution in [0.15, 0.2) is 65.7 Å². The van der Waals surface area contributed by atoms with Crippen LogP contribution in [0.4, 0.5) is 0 Å². The van der Waals surface area contributed by atoms with Crippen molar-refractivity contribution < 1.29 is 4.74 Å². The van der Waals surface area contributed by atoms with Crippen LogP contribution in [0.2, 0.25) is 0 Å². The van der Waals surface area contributed by atoms with E-state index >= 15 is 0 Å². The molecule has 0 saturated heterocycles. The third-order valence-electron chi connectivity index (χ3n) is 5.67. The van der Waals surface area contributed by atoms with Gasteiger partial charge in [0.25, 0.3) is 0 Å². The predicted molar refractivity (Wildman–Crippen MR) is 117 cm³/mol. The zero-order chi connectivity index (χ0) is 18.6. The lowest BCUT2D eigenvalue weighted by molar-refractivity contribution is 0.285. The summed E-state index contributed by atoms with van der Waals surface area (Å²) in [5.74, 6) is 2.21. The molecule has 4 rings (SSSR count). The average Bonchev–Trinajstić information content (AvgIpc) is 3.33. The van der Waals surface area contributed by atoms with Crippen LogP contribution >= 0.6 is 7.92 Å². The molecule has 3 atom stereocenters. The van der Waals surface area contributed by atoms with Crippen molar-refractivity contribution in [3.05, 3.63) is 60.7 Å². The summed E-state index contributed by atoms with van der Waals surface area (Å²) in [5, 5.41) is 2.96. The van der Waals surface area contributed by atoms with E-state index in [-0.39, 0.29) is 0 Å². The summed E-state index contributed by atoms with van der Waals surface area (Å²) in [6.45, 7) is 5.33. The second-order valence-corrected chi connectivity index (χ2v) is 10.6. The Morgan fingerprint density at radius 3 is 2.19 bits per heavy atom. The quantitative estimate of drug-likeness (QED) is 0.638. The van der Waals surface area contributed by atoms with E-state index in [4.69, 9.17) is 9.73 Å². The van der Waals surface area contributed by atoms with Crippen molar-refractivity contribution in [1.29, 1.82) is 0 Å². The first kappa shape index (κ1) is 18.7. The minimum Gasteiger partial charge on any atom is -0.478 e. The van der Waals surface area contributed by atoms with Gasteiger partial charge in [-0.3, -0.25) is 0 Å². The fourth-order valence-corrected chi connectivity index (χ4v) is 7.68. The van der Waals surface area contributed by atoms with Gasteiger partial charge in [0.05, 0.1) is 6.04 Å². The molecule has 1 heterocycles. The highest BCUT2D eigenvalue weighted by molar-refractivity contribution is 7.73. The molecule has 27 heavy (non-hydrogen) atoms. The van der Waals surface area contributed by atoms with Crippen LogP contribution in [0.5, 0.6) is 0 Å². The molecule has 1 aliphatic heterocycles. The van der Waals surface area contributed by atoms with Crippen molar-refractivity contribution >= 4 is 24.4 Å². The Morgan fingerprint density at radius 2 is 1.59 bits per heavy atom. The van der Waals surface area contributed by atoms with E-state index in [2.05, 4.69) is 74.5 Å². The Labute approximate surface area is 164 Å². The van der Waals surface area contributed by atoms with Crippen molar-refractivity contribution in [3.63, 3.8) is 0 Å². The molecule has 2 aromatic carbocycles. The molecule has 142 valence electrons. The third-order valence-corrected chi connectivity index (χ3v) is 8.66. The Kier molecular flexibility index (Phi) is 5.93. The SMILES string of the molecule is CC(C)C[C@@H]1COC(C2CCCC2P(c2ccccc2)c2ccccc2)=N1. The first-order valence-electron chi connectivity index (χ1n) is 10.3. The summed E-state index contributed by atoms with van der Waals surface area (Å²) >= 11 is 0. The predicted octanol–water partition coefficient (Wildman–Crippen LogP) is 5.13. The zero-order valence-electron chi connectivity index (χ0n) is 16.4. The number of nitrogens with zero attached hydrogens (tertiary/aromatic N) is 1. The maximum Gasteiger partial charge on any atom is 0.187 e. The van der Waals surface area contributed by atoms with Gasteiger partial charge in [-0.15, -0.1) is 0 Å². The second kappa shape index (κ2) is 8.57. The Bertz CT molecular complexity index is 719. The fraction of sp³-hybridized carbons (Fsp3) is 0.458. The molecule has 1 fully saturated rings. The molecular weight excluding hydrogens is 349 g/mol. The summed E-state index contributed by atoms with van der Waals surface area (Å²) in [6.07, 6.45) is 4.91. The molecule has 2 aliphatic rings. The maximum absolute atomic E-state index is 6.16. The summed E-state index contributed by atoms with van der Waals surface area (Å²) < 4.78 is 6.16. The number of ether oxygens (including phenoxy) is 1. The van der Waals surface area contributed by atoms with Crippen LogP contribution in [0.25, 0.3) is 0 Å². The van der Waals surface area contributed by atoms with Gasteiger partial charge in [-0.05, 0) is 49.4 Å². The third kappa shape index (κ3) is 4.27. The first-order chi connectivity index (χ1) is 13.2. The van der Waals surface area contributed by atoms with Crippen molar-refractivity contribution in [3.8, 4) is 0 Å². The van der Waals surface area contributed by atoms with Crippen LogP contribution in [0, 0.1) is 11.8 Å². The average molecular weight is 379 g/mol. The number of benzene rings is 2. The van der Waals surface area contributed by atoms with Gasteiger partial charge >= 0.3 is 0 Å². The molecule has 1 saturated carbocycles. The first-order valence-corrected chi connectivity index (χ1v) is 11.7. The summed E-state index contributed by atoms with van der Waals surface area (Å²) in [4.78, 5) is 5.03. The molecule has 2 nitrogen and oxygen atoms in total. The molecule has 0 radical (unpaired) electrons. The summed E-state index contributed by atoms with van der Waals surface area (Å²) in [6, 6.07) is 22.6. The molecule has 0 N–H and O–H groups in total. The molecular formula is C24H30NOP. The molecule has 0 spiro atoms. The second-order valence-electron chi connectivity index (χ2n) is 8.21. The van der Waals surface area contributed by atoms with E-state index in [9.17, 15) is 0 Å². The lowest BCUT2D eigenvalue weighted by Crippen LogP contribution is -2.29. The minimum atomic E-state index is -0.399. The molecule has 1 aliphatic carbocycles.